The summed E-state index contributed by atoms with van der Waals surface area (Å²) >= 11 is 1.61. The Labute approximate surface area is 210 Å². The first-order chi connectivity index (χ1) is 17.1. The molecule has 1 fully saturated rings. The van der Waals surface area contributed by atoms with Crippen LogP contribution < -0.4 is 5.32 Å². The average Bonchev–Trinajstić information content (AvgIpc) is 3.40. The van der Waals surface area contributed by atoms with Gasteiger partial charge in [-0.15, -0.1) is 11.3 Å². The van der Waals surface area contributed by atoms with Crippen LogP contribution in [0.25, 0.3) is 21.8 Å². The van der Waals surface area contributed by atoms with Crippen LogP contribution in [0.5, 0.6) is 0 Å². The number of rotatable bonds is 5. The lowest BCUT2D eigenvalue weighted by Crippen LogP contribution is -2.31. The predicted molar refractivity (Wildman–Crippen MR) is 142 cm³/mol. The highest BCUT2D eigenvalue weighted by Crippen LogP contribution is 2.30. The molecule has 0 spiro atoms. The summed E-state index contributed by atoms with van der Waals surface area (Å²) in [5, 5.41) is 6.43. The van der Waals surface area contributed by atoms with E-state index in [0.717, 1.165) is 71.4 Å². The van der Waals surface area contributed by atoms with Crippen LogP contribution in [0.3, 0.4) is 0 Å². The molecule has 180 valence electrons. The Hall–Kier alpha value is -3.49. The Morgan fingerprint density at radius 1 is 1.14 bits per heavy atom. The smallest absolute Gasteiger partial charge is 0.135 e. The van der Waals surface area contributed by atoms with Crippen LogP contribution in [-0.2, 0) is 4.79 Å². The molecule has 1 aliphatic heterocycles. The Morgan fingerprint density at radius 2 is 1.97 bits per heavy atom. The van der Waals surface area contributed by atoms with E-state index in [2.05, 4.69) is 64.5 Å². The summed E-state index contributed by atoms with van der Waals surface area (Å²) in [5.41, 5.74) is 5.08. The second-order valence-electron chi connectivity index (χ2n) is 8.63. The summed E-state index contributed by atoms with van der Waals surface area (Å²) in [5.74, 6) is 2.02. The summed E-state index contributed by atoms with van der Waals surface area (Å²) in [6.45, 7) is 5.64. The van der Waals surface area contributed by atoms with E-state index in [-0.39, 0.29) is 0 Å². The maximum atomic E-state index is 8.81. The number of hydrogen-bond acceptors (Lipinski definition) is 8. The summed E-state index contributed by atoms with van der Waals surface area (Å²) < 4.78 is 0. The lowest BCUT2D eigenvalue weighted by molar-refractivity contribution is -0.106. The van der Waals surface area contributed by atoms with E-state index >= 15 is 0 Å². The summed E-state index contributed by atoms with van der Waals surface area (Å²) in [6.07, 6.45) is 8.56. The molecule has 4 aromatic rings. The van der Waals surface area contributed by atoms with E-state index < -0.39 is 0 Å². The molecule has 0 saturated carbocycles. The minimum atomic E-state index is 0.321. The molecule has 1 N–H and O–H groups in total. The fourth-order valence-corrected chi connectivity index (χ4v) is 4.79. The van der Waals surface area contributed by atoms with Crippen LogP contribution in [-0.4, -0.2) is 51.3 Å². The van der Waals surface area contributed by atoms with Gasteiger partial charge in [0, 0.05) is 59.3 Å². The van der Waals surface area contributed by atoms with Gasteiger partial charge in [0.15, 0.2) is 0 Å². The van der Waals surface area contributed by atoms with Crippen LogP contribution in [0.1, 0.15) is 37.1 Å². The number of likely N-dealkylation sites (N-methyl/N-ethyl adjacent to an activating group) is 1. The van der Waals surface area contributed by atoms with Gasteiger partial charge in [0.2, 0.25) is 0 Å². The highest BCUT2D eigenvalue weighted by atomic mass is 32.1. The Kier molecular flexibility index (Phi) is 8.28. The number of carbonyl (C=O) groups is 1. The molecular weight excluding hydrogens is 456 g/mol. The van der Waals surface area contributed by atoms with Crippen LogP contribution >= 0.6 is 11.3 Å². The number of thiazole rings is 1. The fraction of sp³-hybridized carbons (Fsp3) is 0.296. The van der Waals surface area contributed by atoms with E-state index in [9.17, 15) is 0 Å². The van der Waals surface area contributed by atoms with Gasteiger partial charge < -0.3 is 15.0 Å². The molecule has 5 rings (SSSR count). The molecule has 1 atom stereocenters. The monoisotopic (exact) mass is 486 g/mol. The Bertz CT molecular complexity index is 1260. The molecule has 1 aromatic carbocycles. The van der Waals surface area contributed by atoms with Crippen LogP contribution in [0.15, 0.2) is 60.4 Å². The minimum absolute atomic E-state index is 0.321. The number of anilines is 2. The van der Waals surface area contributed by atoms with Crippen LogP contribution in [0.4, 0.5) is 11.5 Å². The molecule has 1 aliphatic rings. The van der Waals surface area contributed by atoms with Gasteiger partial charge in [-0.2, -0.15) is 0 Å². The maximum absolute atomic E-state index is 8.81. The van der Waals surface area contributed by atoms with Crippen molar-refractivity contribution in [2.45, 2.75) is 32.6 Å². The van der Waals surface area contributed by atoms with Gasteiger partial charge in [0.25, 0.3) is 0 Å². The topological polar surface area (TPSA) is 83.9 Å². The van der Waals surface area contributed by atoms with Crippen molar-refractivity contribution < 1.29 is 4.79 Å². The number of piperidine rings is 1. The third-order valence-corrected chi connectivity index (χ3v) is 6.56. The molecule has 0 radical (unpaired) electrons. The zero-order valence-electron chi connectivity index (χ0n) is 20.3. The number of benzene rings is 1. The van der Waals surface area contributed by atoms with Crippen molar-refractivity contribution in [1.29, 1.82) is 0 Å². The molecule has 35 heavy (non-hydrogen) atoms. The third kappa shape index (κ3) is 6.55. The highest BCUT2D eigenvalue weighted by Gasteiger charge is 2.23. The van der Waals surface area contributed by atoms with E-state index in [4.69, 9.17) is 14.8 Å². The molecule has 8 heteroatoms. The van der Waals surface area contributed by atoms with Crippen LogP contribution in [0.2, 0.25) is 0 Å². The number of likely N-dealkylation sites (tertiary alicyclic amines) is 1. The van der Waals surface area contributed by atoms with Crippen molar-refractivity contribution in [2.24, 2.45) is 0 Å². The summed E-state index contributed by atoms with van der Waals surface area (Å²) in [6, 6.07) is 12.5. The van der Waals surface area contributed by atoms with Gasteiger partial charge in [-0.05, 0) is 64.0 Å². The van der Waals surface area contributed by atoms with Crippen LogP contribution in [0, 0.1) is 6.92 Å². The first-order valence-corrected chi connectivity index (χ1v) is 12.6. The zero-order valence-corrected chi connectivity index (χ0v) is 21.1. The number of aldehydes is 1. The maximum Gasteiger partial charge on any atom is 0.135 e. The standard InChI is InChI=1S/C25H26N6S.C2H4O/c1-17-5-3-7-21(11-17)28-23-13-22(29-24(30-23)18-6-4-9-31(2)16-18)19-12-20(15-26-14-19)25-27-8-10-32-25;1-2-3/h3,5,7-8,10-15,18H,4,6,9,16H2,1-2H3,(H,28,29,30);2H,1H3. The second kappa shape index (κ2) is 11.8. The number of pyridine rings is 1. The van der Waals surface area contributed by atoms with E-state index in [0.29, 0.717) is 5.92 Å². The summed E-state index contributed by atoms with van der Waals surface area (Å²) in [4.78, 5) is 30.0. The molecule has 3 aromatic heterocycles. The summed E-state index contributed by atoms with van der Waals surface area (Å²) in [7, 11) is 2.17. The average molecular weight is 487 g/mol. The lowest BCUT2D eigenvalue weighted by Gasteiger charge is -2.29. The van der Waals surface area contributed by atoms with Gasteiger partial charge in [0.1, 0.15) is 22.9 Å². The van der Waals surface area contributed by atoms with Gasteiger partial charge in [-0.1, -0.05) is 12.1 Å². The van der Waals surface area contributed by atoms with E-state index in [1.54, 1.807) is 11.3 Å². The highest BCUT2D eigenvalue weighted by molar-refractivity contribution is 7.13. The van der Waals surface area contributed by atoms with Crippen molar-refractivity contribution >= 4 is 29.1 Å². The molecule has 4 heterocycles. The molecule has 0 amide bonds. The van der Waals surface area contributed by atoms with E-state index in [1.807, 2.05) is 30.0 Å². The quantitative estimate of drug-likeness (QED) is 0.361. The molecular formula is C27H30N6OS. The van der Waals surface area contributed by atoms with Crippen molar-refractivity contribution in [3.8, 4) is 21.8 Å². The molecule has 0 bridgehead atoms. The minimum Gasteiger partial charge on any atom is -0.340 e. The van der Waals surface area contributed by atoms with Gasteiger partial charge >= 0.3 is 0 Å². The largest absolute Gasteiger partial charge is 0.340 e. The Balaban J connectivity index is 0.000000917. The van der Waals surface area contributed by atoms with Crippen molar-refractivity contribution in [3.63, 3.8) is 0 Å². The fourth-order valence-electron chi connectivity index (χ4n) is 4.17. The second-order valence-corrected chi connectivity index (χ2v) is 9.52. The number of hydrogen-bond donors (Lipinski definition) is 1. The van der Waals surface area contributed by atoms with Gasteiger partial charge in [-0.3, -0.25) is 4.98 Å². The first kappa shape index (κ1) is 24.6. The Morgan fingerprint density at radius 3 is 2.71 bits per heavy atom. The van der Waals surface area contributed by atoms with Crippen molar-refractivity contribution in [1.82, 2.24) is 24.8 Å². The van der Waals surface area contributed by atoms with E-state index in [1.165, 1.54) is 12.5 Å². The van der Waals surface area contributed by atoms with Gasteiger partial charge in [-0.25, -0.2) is 15.0 Å². The molecule has 7 nitrogen and oxygen atoms in total. The number of nitrogens with zero attached hydrogens (tertiary/aromatic N) is 5. The normalized spacial score (nSPS) is 15.7. The lowest BCUT2D eigenvalue weighted by atomic mass is 9.97. The van der Waals surface area contributed by atoms with Crippen molar-refractivity contribution in [3.05, 3.63) is 71.8 Å². The number of nitrogens with one attached hydrogen (secondary N) is 1. The molecule has 1 saturated heterocycles. The SMILES string of the molecule is CC=O.Cc1cccc(Nc2cc(-c3cncc(-c4nccs4)c3)nc(C3CCCN(C)C3)n2)c1. The van der Waals surface area contributed by atoms with Crippen molar-refractivity contribution in [2.75, 3.05) is 25.5 Å². The zero-order chi connectivity index (χ0) is 24.6. The van der Waals surface area contributed by atoms with Gasteiger partial charge in [0.05, 0.1) is 5.69 Å². The third-order valence-electron chi connectivity index (χ3n) is 5.74. The number of aromatic nitrogens is 4. The first-order valence-electron chi connectivity index (χ1n) is 11.7. The number of carbonyl (C=O) groups excluding carboxylic acids is 1. The number of aryl methyl sites for hydroxylation is 1. The predicted octanol–water partition coefficient (Wildman–Crippen LogP) is 5.73. The molecule has 1 unspecified atom stereocenters. The molecule has 0 aliphatic carbocycles.